The molecule has 182 valence electrons. The van der Waals surface area contributed by atoms with Gasteiger partial charge in [0.1, 0.15) is 0 Å². The van der Waals surface area contributed by atoms with Gasteiger partial charge in [0, 0.05) is 11.3 Å². The van der Waals surface area contributed by atoms with Gasteiger partial charge in [-0.25, -0.2) is 0 Å². The molecule has 3 aromatic carbocycles. The molecule has 0 bridgehead atoms. The summed E-state index contributed by atoms with van der Waals surface area (Å²) < 4.78 is 0. The Kier molecular flexibility index (Phi) is 5.42. The van der Waals surface area contributed by atoms with Crippen LogP contribution in [0.25, 0.3) is 16.7 Å². The zero-order valence-corrected chi connectivity index (χ0v) is 22.4. The standard InChI is InChI=1S/C36H33N/c1-7-14-27-22(3)21-31-28(27)17-13-20-34(31)37-25(6)35-24(5)36(33-19-12-10-16-30(33)35)23(4)26(8-2)29-15-9-11-18-32(29)36/h7-20H,2,21H2,1,3-6H3. The number of hydrogen-bond donors (Lipinski definition) is 0. The number of benzene rings is 3. The highest BCUT2D eigenvalue weighted by Crippen LogP contribution is 2.60. The van der Waals surface area contributed by atoms with Gasteiger partial charge in [0.05, 0.1) is 11.1 Å². The summed E-state index contributed by atoms with van der Waals surface area (Å²) in [7, 11) is 0. The fraction of sp³-hybridized carbons (Fsp3) is 0.194. The maximum absolute atomic E-state index is 5.34. The fourth-order valence-corrected chi connectivity index (χ4v) is 7.17. The molecule has 0 amide bonds. The van der Waals surface area contributed by atoms with Crippen LogP contribution in [0.1, 0.15) is 68.0 Å². The van der Waals surface area contributed by atoms with Crippen LogP contribution in [0, 0.1) is 0 Å². The van der Waals surface area contributed by atoms with Gasteiger partial charge in [0.2, 0.25) is 0 Å². The molecule has 0 N–H and O–H groups in total. The van der Waals surface area contributed by atoms with Gasteiger partial charge in [-0.15, -0.1) is 0 Å². The maximum Gasteiger partial charge on any atom is 0.0674 e. The van der Waals surface area contributed by atoms with Crippen molar-refractivity contribution in [3.05, 3.63) is 142 Å². The summed E-state index contributed by atoms with van der Waals surface area (Å²) in [6.07, 6.45) is 7.35. The molecule has 0 fully saturated rings. The Balaban J connectivity index is 1.58. The van der Waals surface area contributed by atoms with E-state index in [2.05, 4.69) is 120 Å². The Morgan fingerprint density at radius 2 is 1.46 bits per heavy atom. The van der Waals surface area contributed by atoms with Crippen molar-refractivity contribution in [1.29, 1.82) is 0 Å². The Morgan fingerprint density at radius 3 is 2.16 bits per heavy atom. The molecular formula is C36H33N. The third-order valence-electron chi connectivity index (χ3n) is 8.66. The predicted octanol–water partition coefficient (Wildman–Crippen LogP) is 9.43. The molecule has 1 heteroatoms. The average Bonchev–Trinajstić information content (AvgIpc) is 3.46. The van der Waals surface area contributed by atoms with Crippen LogP contribution in [0.2, 0.25) is 0 Å². The SMILES string of the molecule is C=CC1=C(C)C2(C(C)=C(C(C)=Nc3cccc4c3CC(C)=C4C=CC)c3ccccc32)c2ccccc21. The molecule has 0 radical (unpaired) electrons. The zero-order chi connectivity index (χ0) is 25.9. The molecule has 3 aliphatic carbocycles. The number of rotatable bonds is 4. The lowest BCUT2D eigenvalue weighted by Gasteiger charge is -2.32. The van der Waals surface area contributed by atoms with Crippen molar-refractivity contribution < 1.29 is 0 Å². The van der Waals surface area contributed by atoms with Gasteiger partial charge in [-0.05, 0) is 103 Å². The highest BCUT2D eigenvalue weighted by atomic mass is 14.8. The van der Waals surface area contributed by atoms with Crippen LogP contribution in [-0.4, -0.2) is 5.71 Å². The van der Waals surface area contributed by atoms with Crippen molar-refractivity contribution in [1.82, 2.24) is 0 Å². The van der Waals surface area contributed by atoms with E-state index in [1.54, 1.807) is 0 Å². The van der Waals surface area contributed by atoms with Crippen LogP contribution < -0.4 is 0 Å². The predicted molar refractivity (Wildman–Crippen MR) is 159 cm³/mol. The van der Waals surface area contributed by atoms with E-state index in [0.717, 1.165) is 17.8 Å². The number of hydrogen-bond acceptors (Lipinski definition) is 1. The van der Waals surface area contributed by atoms with E-state index in [9.17, 15) is 0 Å². The lowest BCUT2D eigenvalue weighted by Crippen LogP contribution is -2.26. The highest BCUT2D eigenvalue weighted by Gasteiger charge is 2.50. The molecule has 0 aromatic heterocycles. The molecule has 1 nitrogen and oxygen atoms in total. The first-order valence-corrected chi connectivity index (χ1v) is 13.2. The Bertz CT molecular complexity index is 1650. The largest absolute Gasteiger partial charge is 0.253 e. The smallest absolute Gasteiger partial charge is 0.0674 e. The van der Waals surface area contributed by atoms with Gasteiger partial charge < -0.3 is 0 Å². The third-order valence-corrected chi connectivity index (χ3v) is 8.66. The van der Waals surface area contributed by atoms with E-state index in [4.69, 9.17) is 4.99 Å². The summed E-state index contributed by atoms with van der Waals surface area (Å²) in [5.41, 5.74) is 17.8. The van der Waals surface area contributed by atoms with Gasteiger partial charge in [-0.1, -0.05) is 91.0 Å². The summed E-state index contributed by atoms with van der Waals surface area (Å²) in [6, 6.07) is 24.3. The van der Waals surface area contributed by atoms with Gasteiger partial charge in [-0.2, -0.15) is 0 Å². The number of nitrogens with zero attached hydrogens (tertiary/aromatic N) is 1. The Labute approximate surface area is 221 Å². The quantitative estimate of drug-likeness (QED) is 0.330. The molecule has 1 unspecified atom stereocenters. The first-order chi connectivity index (χ1) is 17.9. The molecule has 6 rings (SSSR count). The molecule has 0 saturated heterocycles. The summed E-state index contributed by atoms with van der Waals surface area (Å²) in [5.74, 6) is 0. The van der Waals surface area contributed by atoms with Crippen LogP contribution in [0.5, 0.6) is 0 Å². The van der Waals surface area contributed by atoms with Crippen LogP contribution in [0.15, 0.2) is 113 Å². The second-order valence-electron chi connectivity index (χ2n) is 10.5. The van der Waals surface area contributed by atoms with Crippen LogP contribution in [-0.2, 0) is 11.8 Å². The van der Waals surface area contributed by atoms with Crippen molar-refractivity contribution >= 4 is 28.1 Å². The van der Waals surface area contributed by atoms with Gasteiger partial charge in [-0.3, -0.25) is 4.99 Å². The second-order valence-corrected chi connectivity index (χ2v) is 10.5. The fourth-order valence-electron chi connectivity index (χ4n) is 7.17. The molecule has 3 aliphatic rings. The van der Waals surface area contributed by atoms with E-state index in [1.807, 2.05) is 6.08 Å². The molecule has 1 atom stereocenters. The number of aliphatic imine (C=N–C) groups is 1. The number of allylic oxidation sites excluding steroid dienone is 9. The third kappa shape index (κ3) is 3.07. The zero-order valence-electron chi connectivity index (χ0n) is 22.4. The minimum atomic E-state index is -0.279. The minimum absolute atomic E-state index is 0.279. The highest BCUT2D eigenvalue weighted by molar-refractivity contribution is 6.27. The van der Waals surface area contributed by atoms with Gasteiger partial charge >= 0.3 is 0 Å². The summed E-state index contributed by atoms with van der Waals surface area (Å²) >= 11 is 0. The lowest BCUT2D eigenvalue weighted by molar-refractivity contribution is 0.741. The van der Waals surface area contributed by atoms with E-state index >= 15 is 0 Å². The van der Waals surface area contributed by atoms with Crippen molar-refractivity contribution in [2.45, 2.75) is 46.5 Å². The van der Waals surface area contributed by atoms with E-state index in [1.165, 1.54) is 66.8 Å². The summed E-state index contributed by atoms with van der Waals surface area (Å²) in [6.45, 7) is 15.3. The normalized spacial score (nSPS) is 20.4. The van der Waals surface area contributed by atoms with Crippen molar-refractivity contribution in [2.24, 2.45) is 4.99 Å². The number of fused-ring (bicyclic) bond motifs is 5. The molecule has 0 heterocycles. The van der Waals surface area contributed by atoms with Crippen LogP contribution in [0.3, 0.4) is 0 Å². The summed E-state index contributed by atoms with van der Waals surface area (Å²) in [4.78, 5) is 5.34. The monoisotopic (exact) mass is 479 g/mol. The maximum atomic E-state index is 5.34. The van der Waals surface area contributed by atoms with Crippen LogP contribution in [0.4, 0.5) is 5.69 Å². The van der Waals surface area contributed by atoms with Crippen molar-refractivity contribution in [2.75, 3.05) is 0 Å². The second kappa shape index (κ2) is 8.56. The Hall–Kier alpha value is -3.97. The first-order valence-electron chi connectivity index (χ1n) is 13.2. The van der Waals surface area contributed by atoms with Gasteiger partial charge in [0.25, 0.3) is 0 Å². The molecule has 0 aliphatic heterocycles. The first kappa shape index (κ1) is 23.4. The van der Waals surface area contributed by atoms with Crippen LogP contribution >= 0.6 is 0 Å². The molecule has 1 spiro atoms. The van der Waals surface area contributed by atoms with Gasteiger partial charge in [0.15, 0.2) is 0 Å². The minimum Gasteiger partial charge on any atom is -0.253 e. The molecule has 3 aromatic rings. The molecular weight excluding hydrogens is 446 g/mol. The van der Waals surface area contributed by atoms with E-state index < -0.39 is 0 Å². The van der Waals surface area contributed by atoms with E-state index in [-0.39, 0.29) is 5.41 Å². The molecule has 0 saturated carbocycles. The van der Waals surface area contributed by atoms with Crippen molar-refractivity contribution in [3.8, 4) is 0 Å². The van der Waals surface area contributed by atoms with Crippen molar-refractivity contribution in [3.63, 3.8) is 0 Å². The topological polar surface area (TPSA) is 12.4 Å². The van der Waals surface area contributed by atoms with E-state index in [0.29, 0.717) is 0 Å². The molecule has 37 heavy (non-hydrogen) atoms. The average molecular weight is 480 g/mol. The lowest BCUT2D eigenvalue weighted by atomic mass is 9.69. The summed E-state index contributed by atoms with van der Waals surface area (Å²) in [5, 5.41) is 0. The Morgan fingerprint density at radius 1 is 0.811 bits per heavy atom.